The number of hydrogen-bond acceptors (Lipinski definition) is 4. The first kappa shape index (κ1) is 18.5. The summed E-state index contributed by atoms with van der Waals surface area (Å²) < 4.78 is 20.8. The van der Waals surface area contributed by atoms with E-state index in [1.807, 2.05) is 19.2 Å². The van der Waals surface area contributed by atoms with Crippen molar-refractivity contribution in [2.75, 3.05) is 31.6 Å². The summed E-state index contributed by atoms with van der Waals surface area (Å²) in [5.74, 6) is -0.257. The van der Waals surface area contributed by atoms with E-state index in [4.69, 9.17) is 4.74 Å². The zero-order valence-corrected chi connectivity index (χ0v) is 16.3. The van der Waals surface area contributed by atoms with E-state index in [2.05, 4.69) is 23.2 Å². The first-order valence-electron chi connectivity index (χ1n) is 9.45. The highest BCUT2D eigenvalue weighted by molar-refractivity contribution is 5.72. The van der Waals surface area contributed by atoms with Crippen molar-refractivity contribution >= 4 is 11.2 Å². The van der Waals surface area contributed by atoms with Gasteiger partial charge in [0.1, 0.15) is 0 Å². The average Bonchev–Trinajstić information content (AvgIpc) is 2.68. The Hall–Kier alpha value is -2.86. The maximum atomic E-state index is 14.1. The lowest BCUT2D eigenvalue weighted by atomic mass is 10.0. The number of methoxy groups -OCH3 is 1. The molecule has 1 aromatic carbocycles. The molecule has 3 heterocycles. The van der Waals surface area contributed by atoms with Gasteiger partial charge in [-0.25, -0.2) is 4.39 Å². The second kappa shape index (κ2) is 7.28. The fraction of sp³-hybridized carbons (Fsp3) is 0.318. The van der Waals surface area contributed by atoms with Crippen LogP contribution >= 0.6 is 0 Å². The van der Waals surface area contributed by atoms with Crippen molar-refractivity contribution in [3.8, 4) is 16.9 Å². The Labute approximate surface area is 163 Å². The second-order valence-electron chi connectivity index (χ2n) is 7.37. The molecule has 0 spiro atoms. The molecular formula is C22H24FN3O2. The number of hydrogen-bond donors (Lipinski definition) is 1. The first-order valence-corrected chi connectivity index (χ1v) is 9.45. The number of aromatic nitrogens is 1. The maximum Gasteiger partial charge on any atom is 0.255 e. The van der Waals surface area contributed by atoms with Crippen molar-refractivity contribution in [1.29, 1.82) is 0 Å². The normalized spacial score (nSPS) is 17.1. The van der Waals surface area contributed by atoms with Gasteiger partial charge in [0, 0.05) is 37.9 Å². The Morgan fingerprint density at radius 3 is 2.71 bits per heavy atom. The Morgan fingerprint density at radius 2 is 2.00 bits per heavy atom. The summed E-state index contributed by atoms with van der Waals surface area (Å²) >= 11 is 0. The van der Waals surface area contributed by atoms with Gasteiger partial charge in [-0.1, -0.05) is 6.07 Å². The zero-order valence-electron chi connectivity index (χ0n) is 16.3. The molecule has 28 heavy (non-hydrogen) atoms. The maximum absolute atomic E-state index is 14.1. The van der Waals surface area contributed by atoms with Gasteiger partial charge >= 0.3 is 0 Å². The fourth-order valence-electron chi connectivity index (χ4n) is 3.83. The number of anilines is 1. The summed E-state index contributed by atoms with van der Waals surface area (Å²) in [6.07, 6.45) is 1.90. The van der Waals surface area contributed by atoms with Crippen molar-refractivity contribution < 1.29 is 9.13 Å². The largest absolute Gasteiger partial charge is 0.494 e. The molecule has 0 radical (unpaired) electrons. The van der Waals surface area contributed by atoms with Crippen LogP contribution in [0.25, 0.3) is 16.6 Å². The van der Waals surface area contributed by atoms with Gasteiger partial charge in [-0.05, 0) is 54.8 Å². The number of rotatable bonds is 3. The van der Waals surface area contributed by atoms with Gasteiger partial charge in [-0.2, -0.15) is 0 Å². The van der Waals surface area contributed by atoms with Crippen molar-refractivity contribution in [3.05, 3.63) is 64.3 Å². The number of nitrogens with zero attached hydrogens (tertiary/aromatic N) is 2. The number of ether oxygens (including phenoxy) is 1. The molecule has 1 aliphatic heterocycles. The van der Waals surface area contributed by atoms with E-state index >= 15 is 0 Å². The first-order chi connectivity index (χ1) is 13.5. The quantitative estimate of drug-likeness (QED) is 0.757. The van der Waals surface area contributed by atoms with Crippen molar-refractivity contribution in [2.24, 2.45) is 0 Å². The van der Waals surface area contributed by atoms with Crippen LogP contribution in [0.2, 0.25) is 0 Å². The standard InChI is InChI=1S/C22H24FN3O2/c1-14-8-18(25-7-6-24-15(2)12-25)13-26-20(14)10-17(11-22(26)27)16-4-5-21(28-3)19(23)9-16/h4-5,8-11,13,15,24H,6-7,12H2,1-3H3/t15-/m0/s1. The van der Waals surface area contributed by atoms with Gasteiger partial charge in [0.25, 0.3) is 5.56 Å². The summed E-state index contributed by atoms with van der Waals surface area (Å²) in [5.41, 5.74) is 4.10. The summed E-state index contributed by atoms with van der Waals surface area (Å²) in [4.78, 5) is 15.1. The number of halogens is 1. The molecule has 146 valence electrons. The van der Waals surface area contributed by atoms with Gasteiger partial charge in [-0.15, -0.1) is 0 Å². The lowest BCUT2D eigenvalue weighted by Gasteiger charge is -2.34. The topological polar surface area (TPSA) is 46.0 Å². The van der Waals surface area contributed by atoms with Crippen LogP contribution in [0.1, 0.15) is 12.5 Å². The molecule has 5 nitrogen and oxygen atoms in total. The predicted octanol–water partition coefficient (Wildman–Crippen LogP) is 3.22. The Kier molecular flexibility index (Phi) is 4.81. The molecular weight excluding hydrogens is 357 g/mol. The third-order valence-corrected chi connectivity index (χ3v) is 5.32. The van der Waals surface area contributed by atoms with Crippen molar-refractivity contribution in [2.45, 2.75) is 19.9 Å². The molecule has 0 saturated carbocycles. The lowest BCUT2D eigenvalue weighted by molar-refractivity contribution is 0.386. The SMILES string of the molecule is COc1ccc(-c2cc(=O)n3cc(N4CCN[C@@H](C)C4)cc(C)c3c2)cc1F. The predicted molar refractivity (Wildman–Crippen MR) is 110 cm³/mol. The third kappa shape index (κ3) is 3.36. The van der Waals surface area contributed by atoms with Gasteiger partial charge in [0.2, 0.25) is 0 Å². The molecule has 0 amide bonds. The van der Waals surface area contributed by atoms with Crippen LogP contribution in [-0.2, 0) is 0 Å². The Bertz CT molecular complexity index is 1090. The van der Waals surface area contributed by atoms with Crippen LogP contribution in [0.4, 0.5) is 10.1 Å². The molecule has 4 rings (SSSR count). The van der Waals surface area contributed by atoms with E-state index < -0.39 is 5.82 Å². The zero-order chi connectivity index (χ0) is 19.8. The van der Waals surface area contributed by atoms with Gasteiger partial charge < -0.3 is 15.0 Å². The monoisotopic (exact) mass is 381 g/mol. The number of benzene rings is 1. The van der Waals surface area contributed by atoms with E-state index in [9.17, 15) is 9.18 Å². The third-order valence-electron chi connectivity index (χ3n) is 5.32. The van der Waals surface area contributed by atoms with E-state index in [1.165, 1.54) is 13.2 Å². The van der Waals surface area contributed by atoms with E-state index in [0.717, 1.165) is 36.4 Å². The molecule has 2 aromatic heterocycles. The average molecular weight is 381 g/mol. The summed E-state index contributed by atoms with van der Waals surface area (Å²) in [7, 11) is 1.43. The van der Waals surface area contributed by atoms with Crippen LogP contribution in [0.15, 0.2) is 47.4 Å². The van der Waals surface area contributed by atoms with Crippen LogP contribution in [0.5, 0.6) is 5.75 Å². The van der Waals surface area contributed by atoms with Crippen LogP contribution in [0.3, 0.4) is 0 Å². The minimum atomic E-state index is -0.444. The Balaban J connectivity index is 1.79. The van der Waals surface area contributed by atoms with E-state index in [0.29, 0.717) is 17.2 Å². The number of piperazine rings is 1. The van der Waals surface area contributed by atoms with Gasteiger partial charge in [-0.3, -0.25) is 9.20 Å². The molecule has 0 unspecified atom stereocenters. The molecule has 3 aromatic rings. The summed E-state index contributed by atoms with van der Waals surface area (Å²) in [6, 6.07) is 10.8. The summed E-state index contributed by atoms with van der Waals surface area (Å²) in [5, 5.41) is 3.43. The fourth-order valence-corrected chi connectivity index (χ4v) is 3.83. The Morgan fingerprint density at radius 1 is 1.18 bits per heavy atom. The molecule has 1 saturated heterocycles. The minimum absolute atomic E-state index is 0.128. The van der Waals surface area contributed by atoms with Gasteiger partial charge in [0.05, 0.1) is 18.3 Å². The summed E-state index contributed by atoms with van der Waals surface area (Å²) in [6.45, 7) is 6.90. The van der Waals surface area contributed by atoms with E-state index in [1.54, 1.807) is 22.6 Å². The lowest BCUT2D eigenvalue weighted by Crippen LogP contribution is -2.49. The molecule has 1 aliphatic rings. The molecule has 1 fully saturated rings. The number of nitrogens with one attached hydrogen (secondary N) is 1. The smallest absolute Gasteiger partial charge is 0.255 e. The molecule has 1 N–H and O–H groups in total. The minimum Gasteiger partial charge on any atom is -0.494 e. The van der Waals surface area contributed by atoms with Crippen LogP contribution in [0, 0.1) is 12.7 Å². The number of aryl methyl sites for hydroxylation is 1. The second-order valence-corrected chi connectivity index (χ2v) is 7.37. The van der Waals surface area contributed by atoms with Crippen molar-refractivity contribution in [1.82, 2.24) is 9.72 Å². The van der Waals surface area contributed by atoms with Crippen LogP contribution in [-0.4, -0.2) is 37.2 Å². The number of fused-ring (bicyclic) bond motifs is 1. The molecule has 1 atom stereocenters. The number of pyridine rings is 2. The molecule has 0 bridgehead atoms. The highest BCUT2D eigenvalue weighted by Gasteiger charge is 2.17. The van der Waals surface area contributed by atoms with E-state index in [-0.39, 0.29) is 11.3 Å². The highest BCUT2D eigenvalue weighted by atomic mass is 19.1. The van der Waals surface area contributed by atoms with Crippen LogP contribution < -0.4 is 20.5 Å². The molecule has 0 aliphatic carbocycles. The van der Waals surface area contributed by atoms with Gasteiger partial charge in [0.15, 0.2) is 11.6 Å². The highest BCUT2D eigenvalue weighted by Crippen LogP contribution is 2.27. The van der Waals surface area contributed by atoms with Crippen molar-refractivity contribution in [3.63, 3.8) is 0 Å². The molecule has 6 heteroatoms.